The zero-order chi connectivity index (χ0) is 76.6. The van der Waals surface area contributed by atoms with Crippen LogP contribution in [0.15, 0.2) is 110 Å². The first-order valence-electron chi connectivity index (χ1n) is 38.8. The molecule has 3 saturated heterocycles. The smallest absolute Gasteiger partial charge is 0.257 e. The Bertz CT molecular complexity index is 4830. The van der Waals surface area contributed by atoms with Gasteiger partial charge in [0.1, 0.15) is 51.1 Å². The standard InChI is InChI=1S/3C26H33N9O2/c3*1-27-23-14-21(30-25-18(15-29-35(23)25)26(37)31-20-5-6-22(20)36)19-16-34(24-17(19)4-3-7-28-24)13-12-33-10-8-32(2)9-11-33/h3*3-4,7,14-16,20,22,27,36H,5-6,8-13H2,1-2H3,(H,31,37)/t20?,22-;2*20-,22-/m010/s1. The van der Waals surface area contributed by atoms with E-state index in [2.05, 4.69) is 163 Å². The number of likely N-dealkylation sites (N-methyl/N-ethyl adjacent to an activating group) is 3. The number of amides is 3. The van der Waals surface area contributed by atoms with Crippen LogP contribution in [0.5, 0.6) is 0 Å². The molecule has 0 bridgehead atoms. The van der Waals surface area contributed by atoms with E-state index in [0.29, 0.717) is 52.9 Å². The number of anilines is 3. The number of aliphatic hydroxyl groups excluding tert-OH is 3. The summed E-state index contributed by atoms with van der Waals surface area (Å²) in [6, 6.07) is 17.2. The summed E-state index contributed by atoms with van der Waals surface area (Å²) in [4.78, 5) is 82.4. The lowest BCUT2D eigenvalue weighted by Gasteiger charge is -2.32. The van der Waals surface area contributed by atoms with Crippen LogP contribution in [-0.4, -0.2) is 312 Å². The fourth-order valence-corrected chi connectivity index (χ4v) is 15.5. The van der Waals surface area contributed by atoms with Gasteiger partial charge in [-0.05, 0) is 96.1 Å². The van der Waals surface area contributed by atoms with Gasteiger partial charge in [-0.25, -0.2) is 29.9 Å². The molecule has 6 atom stereocenters. The SMILES string of the molecule is CNc1cc(-c2cn(CCN3CCN(C)CC3)c3ncccc23)nc2c(C(=O)NC3CC[C@@H]3O)cnn12.CNc1cc(-c2cn(CCN3CCN(C)CC3)c3ncccc23)nc2c(C(=O)N[C@@H]3CC[C@H]3O)cnn12.CNc1cc(-c2cn(CCN3CCN(C)CC3)c3ncccc23)nc2c(C(=O)N[C@H]3CC[C@@H]3O)cnn12. The molecule has 12 aromatic rings. The van der Waals surface area contributed by atoms with Gasteiger partial charge in [-0.1, -0.05) is 0 Å². The van der Waals surface area contributed by atoms with Gasteiger partial charge in [0.05, 0.1) is 72.1 Å². The van der Waals surface area contributed by atoms with Crippen LogP contribution in [0.4, 0.5) is 17.5 Å². The molecule has 6 fully saturated rings. The fourth-order valence-electron chi connectivity index (χ4n) is 15.5. The molecule has 0 radical (unpaired) electrons. The second-order valence-electron chi connectivity index (χ2n) is 30.2. The van der Waals surface area contributed by atoms with E-state index in [0.717, 1.165) is 221 Å². The van der Waals surface area contributed by atoms with Crippen molar-refractivity contribution in [2.24, 2.45) is 0 Å². The van der Waals surface area contributed by atoms with Gasteiger partial charge in [0.25, 0.3) is 17.7 Å². The number of fused-ring (bicyclic) bond motifs is 6. The summed E-state index contributed by atoms with van der Waals surface area (Å²) in [6.45, 7) is 18.4. The Balaban J connectivity index is 0.000000126. The number of hydrogen-bond acceptors (Lipinski definition) is 24. The van der Waals surface area contributed by atoms with Gasteiger partial charge < -0.3 is 75.6 Å². The number of aliphatic hydroxyl groups is 3. The molecule has 582 valence electrons. The first-order valence-corrected chi connectivity index (χ1v) is 38.8. The van der Waals surface area contributed by atoms with Crippen LogP contribution in [-0.2, 0) is 19.6 Å². The van der Waals surface area contributed by atoms with E-state index in [1.54, 1.807) is 13.5 Å². The molecular weight excluding hydrogens is 1410 g/mol. The maximum absolute atomic E-state index is 13.0. The highest BCUT2D eigenvalue weighted by atomic mass is 16.3. The molecule has 3 aliphatic carbocycles. The van der Waals surface area contributed by atoms with Crippen molar-refractivity contribution < 1.29 is 29.7 Å². The van der Waals surface area contributed by atoms with E-state index in [-0.39, 0.29) is 35.8 Å². The molecule has 3 amide bonds. The van der Waals surface area contributed by atoms with Crippen LogP contribution in [0.1, 0.15) is 69.6 Å². The highest BCUT2D eigenvalue weighted by molar-refractivity contribution is 6.03. The highest BCUT2D eigenvalue weighted by Gasteiger charge is 2.35. The Morgan fingerprint density at radius 2 is 0.667 bits per heavy atom. The maximum Gasteiger partial charge on any atom is 0.257 e. The minimum absolute atomic E-state index is 0.223. The molecular formula is C78H99N27O6. The third-order valence-corrected chi connectivity index (χ3v) is 23.1. The summed E-state index contributed by atoms with van der Waals surface area (Å²) in [5.41, 5.74) is 10.4. The molecule has 1 unspecified atom stereocenters. The zero-order valence-electron chi connectivity index (χ0n) is 63.8. The van der Waals surface area contributed by atoms with Crippen molar-refractivity contribution in [1.82, 2.24) is 118 Å². The Hall–Kier alpha value is -10.6. The lowest BCUT2D eigenvalue weighted by molar-refractivity contribution is 0.0448. The second-order valence-corrected chi connectivity index (χ2v) is 30.2. The summed E-state index contributed by atoms with van der Waals surface area (Å²) in [7, 11) is 12.0. The molecule has 3 aliphatic heterocycles. The Morgan fingerprint density at radius 1 is 0.387 bits per heavy atom. The van der Waals surface area contributed by atoms with Gasteiger partial charge in [-0.15, -0.1) is 0 Å². The molecule has 3 saturated carbocycles. The molecule has 9 N–H and O–H groups in total. The highest BCUT2D eigenvalue weighted by Crippen LogP contribution is 2.36. The van der Waals surface area contributed by atoms with Crippen LogP contribution in [0.3, 0.4) is 0 Å². The number of pyridine rings is 3. The van der Waals surface area contributed by atoms with Gasteiger partial charge in [0.2, 0.25) is 0 Å². The topological polar surface area (TPSA) is 348 Å². The van der Waals surface area contributed by atoms with Crippen LogP contribution >= 0.6 is 0 Å². The van der Waals surface area contributed by atoms with E-state index in [1.807, 2.05) is 76.1 Å². The van der Waals surface area contributed by atoms with Crippen LogP contribution < -0.4 is 31.9 Å². The Kier molecular flexibility index (Phi) is 21.7. The summed E-state index contributed by atoms with van der Waals surface area (Å²) in [6.07, 6.45) is 19.4. The van der Waals surface area contributed by atoms with E-state index < -0.39 is 18.3 Å². The predicted molar refractivity (Wildman–Crippen MR) is 425 cm³/mol. The molecule has 15 heterocycles. The summed E-state index contributed by atoms with van der Waals surface area (Å²) >= 11 is 0. The predicted octanol–water partition coefficient (Wildman–Crippen LogP) is 3.86. The zero-order valence-corrected chi connectivity index (χ0v) is 63.8. The normalized spacial score (nSPS) is 20.8. The average Bonchev–Trinajstić information content (AvgIpc) is 1.62. The van der Waals surface area contributed by atoms with Crippen molar-refractivity contribution in [1.29, 1.82) is 0 Å². The molecule has 0 aromatic carbocycles. The van der Waals surface area contributed by atoms with Gasteiger partial charge in [0, 0.05) is 227 Å². The molecule has 33 nitrogen and oxygen atoms in total. The lowest BCUT2D eigenvalue weighted by Crippen LogP contribution is -2.50. The van der Waals surface area contributed by atoms with E-state index in [1.165, 1.54) is 18.6 Å². The molecule has 0 spiro atoms. The number of aromatic nitrogens is 15. The maximum atomic E-state index is 13.0. The van der Waals surface area contributed by atoms with Crippen LogP contribution in [0.2, 0.25) is 0 Å². The number of hydrogen-bond donors (Lipinski definition) is 9. The number of nitrogens with one attached hydrogen (secondary N) is 6. The van der Waals surface area contributed by atoms with Crippen molar-refractivity contribution in [3.8, 4) is 33.8 Å². The average molecular weight is 1510 g/mol. The van der Waals surface area contributed by atoms with E-state index in [4.69, 9.17) is 15.0 Å². The van der Waals surface area contributed by atoms with Crippen molar-refractivity contribution >= 4 is 85.2 Å². The Morgan fingerprint density at radius 3 is 0.910 bits per heavy atom. The molecule has 111 heavy (non-hydrogen) atoms. The van der Waals surface area contributed by atoms with Crippen molar-refractivity contribution in [3.63, 3.8) is 0 Å². The molecule has 33 heteroatoms. The lowest BCUT2D eigenvalue weighted by atomic mass is 9.89. The minimum atomic E-state index is -0.494. The first-order chi connectivity index (χ1) is 54.0. The van der Waals surface area contributed by atoms with Gasteiger partial charge in [-0.3, -0.25) is 29.1 Å². The second kappa shape index (κ2) is 32.4. The number of carbonyl (C=O) groups excluding carboxylic acids is 3. The minimum Gasteiger partial charge on any atom is -0.391 e. The fraction of sp³-hybridized carbons (Fsp3) is 0.462. The van der Waals surface area contributed by atoms with Gasteiger partial charge >= 0.3 is 0 Å². The first kappa shape index (κ1) is 74.5. The number of rotatable bonds is 21. The third-order valence-electron chi connectivity index (χ3n) is 23.1. The monoisotopic (exact) mass is 1510 g/mol. The van der Waals surface area contributed by atoms with E-state index >= 15 is 0 Å². The van der Waals surface area contributed by atoms with Crippen LogP contribution in [0, 0.1) is 0 Å². The summed E-state index contributed by atoms with van der Waals surface area (Å²) in [5, 5.41) is 64.3. The Labute approximate surface area is 641 Å². The van der Waals surface area contributed by atoms with Gasteiger partial charge in [-0.2, -0.15) is 28.8 Å². The largest absolute Gasteiger partial charge is 0.391 e. The quantitative estimate of drug-likeness (QED) is 0.0493. The van der Waals surface area contributed by atoms with Crippen LogP contribution in [0.25, 0.3) is 83.8 Å². The third kappa shape index (κ3) is 15.4. The molecule has 6 aliphatic rings. The van der Waals surface area contributed by atoms with Crippen molar-refractivity contribution in [2.45, 2.75) is 94.6 Å². The summed E-state index contributed by atoms with van der Waals surface area (Å²) < 4.78 is 11.5. The number of nitrogens with zero attached hydrogens (tertiary/aromatic N) is 21. The van der Waals surface area contributed by atoms with E-state index in [9.17, 15) is 29.7 Å². The van der Waals surface area contributed by atoms with Gasteiger partial charge in [0.15, 0.2) is 16.9 Å². The molecule has 18 rings (SSSR count). The summed E-state index contributed by atoms with van der Waals surface area (Å²) in [5.74, 6) is 1.35. The number of carbonyl (C=O) groups is 3. The van der Waals surface area contributed by atoms with Crippen molar-refractivity contribution in [3.05, 3.63) is 127 Å². The number of piperazine rings is 3. The molecule has 12 aromatic heterocycles. The van der Waals surface area contributed by atoms with Crippen molar-refractivity contribution in [2.75, 3.05) is 156 Å².